The van der Waals surface area contributed by atoms with Gasteiger partial charge in [-0.3, -0.25) is 4.79 Å². The number of hydrogen-bond donors (Lipinski definition) is 2. The minimum atomic E-state index is -0.0134. The predicted molar refractivity (Wildman–Crippen MR) is 81.1 cm³/mol. The van der Waals surface area contributed by atoms with Gasteiger partial charge in [-0.25, -0.2) is 0 Å². The molecule has 0 aliphatic heterocycles. The van der Waals surface area contributed by atoms with Crippen LogP contribution in [0.25, 0.3) is 0 Å². The van der Waals surface area contributed by atoms with Crippen LogP contribution in [-0.2, 0) is 11.2 Å². The summed E-state index contributed by atoms with van der Waals surface area (Å²) in [7, 11) is 0. The first-order chi connectivity index (χ1) is 10.1. The Balaban J connectivity index is 1.94. The van der Waals surface area contributed by atoms with Crippen molar-refractivity contribution in [1.82, 2.24) is 5.32 Å². The quantitative estimate of drug-likeness (QED) is 0.646. The summed E-state index contributed by atoms with van der Waals surface area (Å²) in [6.45, 7) is 4.19. The van der Waals surface area contributed by atoms with Crippen molar-refractivity contribution < 1.29 is 14.7 Å². The van der Waals surface area contributed by atoms with Crippen molar-refractivity contribution in [1.29, 1.82) is 0 Å². The second-order valence-corrected chi connectivity index (χ2v) is 5.54. The van der Waals surface area contributed by atoms with Gasteiger partial charge in [0.25, 0.3) is 0 Å². The summed E-state index contributed by atoms with van der Waals surface area (Å²) in [6, 6.07) is 5.94. The van der Waals surface area contributed by atoms with Crippen molar-refractivity contribution in [2.45, 2.75) is 45.6 Å². The Morgan fingerprint density at radius 2 is 2.24 bits per heavy atom. The molecule has 5 nitrogen and oxygen atoms in total. The van der Waals surface area contributed by atoms with Crippen LogP contribution in [-0.4, -0.2) is 29.5 Å². The molecule has 0 unspecified atom stereocenters. The van der Waals surface area contributed by atoms with Gasteiger partial charge >= 0.3 is 0 Å². The fourth-order valence-corrected chi connectivity index (χ4v) is 2.47. The summed E-state index contributed by atoms with van der Waals surface area (Å²) >= 11 is 0. The van der Waals surface area contributed by atoms with E-state index in [0.717, 1.165) is 24.8 Å². The number of ether oxygens (including phenoxy) is 1. The molecule has 0 fully saturated rings. The number of aryl methyl sites for hydroxylation is 1. The average Bonchev–Trinajstić information content (AvgIpc) is 2.45. The van der Waals surface area contributed by atoms with Crippen molar-refractivity contribution in [2.24, 2.45) is 5.16 Å². The smallest absolute Gasteiger partial charge is 0.223 e. The molecule has 0 aromatic heterocycles. The van der Waals surface area contributed by atoms with Gasteiger partial charge in [0.2, 0.25) is 5.91 Å². The molecule has 1 aromatic rings. The molecular formula is C16H22N2O3. The molecule has 5 heteroatoms. The number of carbonyl (C=O) groups excluding carboxylic acids is 1. The van der Waals surface area contributed by atoms with Crippen molar-refractivity contribution in [3.05, 3.63) is 29.3 Å². The zero-order valence-electron chi connectivity index (χ0n) is 12.6. The Bertz CT molecular complexity index is 538. The summed E-state index contributed by atoms with van der Waals surface area (Å²) < 4.78 is 5.62. The molecule has 1 aliphatic rings. The van der Waals surface area contributed by atoms with Crippen molar-refractivity contribution >= 4 is 11.6 Å². The summed E-state index contributed by atoms with van der Waals surface area (Å²) in [5, 5.41) is 15.2. The summed E-state index contributed by atoms with van der Waals surface area (Å²) in [4.78, 5) is 11.5. The van der Waals surface area contributed by atoms with Gasteiger partial charge in [0.05, 0.1) is 18.7 Å². The average molecular weight is 290 g/mol. The van der Waals surface area contributed by atoms with Gasteiger partial charge in [0, 0.05) is 11.6 Å². The standard InChI is InChI=1S/C16H22N2O3/c1-11(2)17-16(19)8-9-21-13-7-6-12-4-3-5-15(18-20)14(12)10-13/h6-7,10-11,20H,3-5,8-9H2,1-2H3,(H,17,19)/b18-15-. The van der Waals surface area contributed by atoms with Crippen LogP contribution in [0.2, 0.25) is 0 Å². The first kappa shape index (κ1) is 15.4. The van der Waals surface area contributed by atoms with Crippen LogP contribution < -0.4 is 10.1 Å². The summed E-state index contributed by atoms with van der Waals surface area (Å²) in [5.41, 5.74) is 2.84. The zero-order valence-corrected chi connectivity index (χ0v) is 12.6. The lowest BCUT2D eigenvalue weighted by Crippen LogP contribution is -2.31. The number of amides is 1. The van der Waals surface area contributed by atoms with E-state index in [-0.39, 0.29) is 11.9 Å². The van der Waals surface area contributed by atoms with E-state index in [0.29, 0.717) is 24.5 Å². The second-order valence-electron chi connectivity index (χ2n) is 5.54. The molecule has 0 radical (unpaired) electrons. The third kappa shape index (κ3) is 4.21. The van der Waals surface area contributed by atoms with Gasteiger partial charge in [-0.1, -0.05) is 11.2 Å². The number of nitrogens with zero attached hydrogens (tertiary/aromatic N) is 1. The Hall–Kier alpha value is -2.04. The Morgan fingerprint density at radius 1 is 1.43 bits per heavy atom. The van der Waals surface area contributed by atoms with E-state index in [1.807, 2.05) is 32.0 Å². The Kier molecular flexibility index (Phi) is 5.20. The molecule has 0 bridgehead atoms. The molecule has 1 aromatic carbocycles. The lowest BCUT2D eigenvalue weighted by Gasteiger charge is -2.18. The highest BCUT2D eigenvalue weighted by Gasteiger charge is 2.16. The maximum absolute atomic E-state index is 11.5. The second kappa shape index (κ2) is 7.11. The molecule has 0 saturated heterocycles. The van der Waals surface area contributed by atoms with Gasteiger partial charge in [-0.05, 0) is 50.8 Å². The van der Waals surface area contributed by atoms with Crippen molar-refractivity contribution in [3.8, 4) is 5.75 Å². The molecule has 2 rings (SSSR count). The van der Waals surface area contributed by atoms with Crippen LogP contribution in [0.4, 0.5) is 0 Å². The lowest BCUT2D eigenvalue weighted by molar-refractivity contribution is -0.122. The van der Waals surface area contributed by atoms with Crippen LogP contribution in [0.15, 0.2) is 23.4 Å². The third-order valence-electron chi connectivity index (χ3n) is 3.42. The van der Waals surface area contributed by atoms with Crippen LogP contribution in [0.3, 0.4) is 0 Å². The molecule has 1 aliphatic carbocycles. The lowest BCUT2D eigenvalue weighted by atomic mass is 9.90. The molecule has 2 N–H and O–H groups in total. The molecule has 0 saturated carbocycles. The molecule has 21 heavy (non-hydrogen) atoms. The van der Waals surface area contributed by atoms with Gasteiger partial charge in [-0.15, -0.1) is 0 Å². The molecule has 0 atom stereocenters. The number of nitrogens with one attached hydrogen (secondary N) is 1. The van der Waals surface area contributed by atoms with Crippen LogP contribution in [0, 0.1) is 0 Å². The minimum Gasteiger partial charge on any atom is -0.493 e. The first-order valence-corrected chi connectivity index (χ1v) is 7.36. The molecule has 0 spiro atoms. The third-order valence-corrected chi connectivity index (χ3v) is 3.42. The van der Waals surface area contributed by atoms with Gasteiger partial charge in [0.1, 0.15) is 5.75 Å². The Labute approximate surface area is 125 Å². The first-order valence-electron chi connectivity index (χ1n) is 7.36. The number of carbonyl (C=O) groups is 1. The molecule has 0 heterocycles. The topological polar surface area (TPSA) is 70.9 Å². The van der Waals surface area contributed by atoms with Crippen molar-refractivity contribution in [3.63, 3.8) is 0 Å². The van der Waals surface area contributed by atoms with E-state index >= 15 is 0 Å². The highest BCUT2D eigenvalue weighted by molar-refractivity contribution is 6.02. The monoisotopic (exact) mass is 290 g/mol. The van der Waals surface area contributed by atoms with E-state index in [4.69, 9.17) is 9.94 Å². The highest BCUT2D eigenvalue weighted by atomic mass is 16.5. The molecule has 1 amide bonds. The maximum atomic E-state index is 11.5. The maximum Gasteiger partial charge on any atom is 0.223 e. The number of benzene rings is 1. The van der Waals surface area contributed by atoms with E-state index < -0.39 is 0 Å². The number of oxime groups is 1. The SMILES string of the molecule is CC(C)NC(=O)CCOc1ccc2c(c1)/C(=N\O)CCC2. The molecular weight excluding hydrogens is 268 g/mol. The number of fused-ring (bicyclic) bond motifs is 1. The van der Waals surface area contributed by atoms with E-state index in [9.17, 15) is 4.79 Å². The summed E-state index contributed by atoms with van der Waals surface area (Å²) in [5.74, 6) is 0.690. The van der Waals surface area contributed by atoms with Crippen LogP contribution in [0.5, 0.6) is 5.75 Å². The largest absolute Gasteiger partial charge is 0.493 e. The normalized spacial score (nSPS) is 15.9. The van der Waals surface area contributed by atoms with Crippen LogP contribution in [0.1, 0.15) is 44.2 Å². The van der Waals surface area contributed by atoms with E-state index in [2.05, 4.69) is 10.5 Å². The fraction of sp³-hybridized carbons (Fsp3) is 0.500. The van der Waals surface area contributed by atoms with Gasteiger partial charge < -0.3 is 15.3 Å². The number of rotatable bonds is 5. The van der Waals surface area contributed by atoms with E-state index in [1.165, 1.54) is 5.56 Å². The van der Waals surface area contributed by atoms with E-state index in [1.54, 1.807) is 0 Å². The van der Waals surface area contributed by atoms with Crippen LogP contribution >= 0.6 is 0 Å². The molecule has 114 valence electrons. The van der Waals surface area contributed by atoms with Crippen molar-refractivity contribution in [2.75, 3.05) is 6.61 Å². The van der Waals surface area contributed by atoms with Gasteiger partial charge in [0.15, 0.2) is 0 Å². The zero-order chi connectivity index (χ0) is 15.2. The highest BCUT2D eigenvalue weighted by Crippen LogP contribution is 2.26. The summed E-state index contributed by atoms with van der Waals surface area (Å²) in [6.07, 6.45) is 3.10. The minimum absolute atomic E-state index is 0.0134. The van der Waals surface area contributed by atoms with Gasteiger partial charge in [-0.2, -0.15) is 0 Å². The number of hydrogen-bond acceptors (Lipinski definition) is 4. The Morgan fingerprint density at radius 3 is 2.95 bits per heavy atom. The fourth-order valence-electron chi connectivity index (χ4n) is 2.47. The predicted octanol–water partition coefficient (Wildman–Crippen LogP) is 2.49.